The van der Waals surface area contributed by atoms with Crippen LogP contribution in [0.5, 0.6) is 0 Å². The van der Waals surface area contributed by atoms with Gasteiger partial charge in [0.1, 0.15) is 0 Å². The van der Waals surface area contributed by atoms with Crippen molar-refractivity contribution in [2.24, 2.45) is 5.92 Å². The molecule has 0 spiro atoms. The summed E-state index contributed by atoms with van der Waals surface area (Å²) in [5.74, 6) is 0.752. The number of hydrogen-bond acceptors (Lipinski definition) is 7. The van der Waals surface area contributed by atoms with Crippen LogP contribution in [-0.4, -0.2) is 45.1 Å². The van der Waals surface area contributed by atoms with Gasteiger partial charge in [0.25, 0.3) is 11.8 Å². The molecule has 3 rings (SSSR count). The van der Waals surface area contributed by atoms with Crippen molar-refractivity contribution in [2.75, 3.05) is 24.6 Å². The van der Waals surface area contributed by atoms with Crippen LogP contribution in [0.3, 0.4) is 0 Å². The lowest BCUT2D eigenvalue weighted by molar-refractivity contribution is 0.186. The van der Waals surface area contributed by atoms with Crippen LogP contribution in [0.25, 0.3) is 11.5 Å². The third-order valence-electron chi connectivity index (χ3n) is 5.50. The Balaban J connectivity index is 1.50. The summed E-state index contributed by atoms with van der Waals surface area (Å²) in [6.07, 6.45) is 4.95. The lowest BCUT2D eigenvalue weighted by atomic mass is 9.91. The summed E-state index contributed by atoms with van der Waals surface area (Å²) in [4.78, 5) is 14.3. The highest BCUT2D eigenvalue weighted by Crippen LogP contribution is 2.45. The van der Waals surface area contributed by atoms with E-state index in [9.17, 15) is 14.6 Å². The number of nitrogens with one attached hydrogen (secondary N) is 1. The fourth-order valence-corrected chi connectivity index (χ4v) is 6.07. The molecule has 29 heavy (non-hydrogen) atoms. The third-order valence-corrected chi connectivity index (χ3v) is 7.58. The van der Waals surface area contributed by atoms with Crippen molar-refractivity contribution in [3.05, 3.63) is 29.8 Å². The maximum atomic E-state index is 12.5. The number of rotatable bonds is 9. The maximum absolute atomic E-state index is 12.5. The van der Waals surface area contributed by atoms with Gasteiger partial charge in [0, 0.05) is 24.3 Å². The Bertz CT molecular complexity index is 837. The van der Waals surface area contributed by atoms with Crippen LogP contribution >= 0.6 is 7.37 Å². The van der Waals surface area contributed by atoms with Crippen molar-refractivity contribution in [3.63, 3.8) is 0 Å². The van der Waals surface area contributed by atoms with E-state index in [1.165, 1.54) is 6.42 Å². The Morgan fingerprint density at radius 1 is 1.34 bits per heavy atom. The second-order valence-electron chi connectivity index (χ2n) is 8.08. The molecule has 0 aliphatic heterocycles. The van der Waals surface area contributed by atoms with E-state index in [1.807, 2.05) is 31.2 Å². The Labute approximate surface area is 171 Å². The minimum Gasteiger partial charge on any atom is -0.391 e. The highest BCUT2D eigenvalue weighted by molar-refractivity contribution is 7.58. The Morgan fingerprint density at radius 3 is 2.79 bits per heavy atom. The van der Waals surface area contributed by atoms with Crippen molar-refractivity contribution < 1.29 is 19.1 Å². The fraction of sp³-hybridized carbons (Fsp3) is 0.600. The van der Waals surface area contributed by atoms with Gasteiger partial charge in [-0.25, -0.2) is 0 Å². The molecule has 2 aromatic rings. The molecule has 160 valence electrons. The van der Waals surface area contributed by atoms with Crippen LogP contribution in [0.2, 0.25) is 0 Å². The largest absolute Gasteiger partial charge is 0.391 e. The van der Waals surface area contributed by atoms with Crippen molar-refractivity contribution in [1.29, 1.82) is 0 Å². The molecule has 1 heterocycles. The van der Waals surface area contributed by atoms with Crippen LogP contribution in [0.15, 0.2) is 28.8 Å². The molecule has 1 aliphatic rings. The molecular formula is C20H31N4O4P. The number of aliphatic hydroxyl groups excluding tert-OH is 1. The third kappa shape index (κ3) is 6.64. The monoisotopic (exact) mass is 422 g/mol. The number of aliphatic hydroxyl groups is 1. The standard InChI is InChI=1S/C20H31N4O4P/c1-14(16-8-5-9-17(10-16)19-23-20(21)24-28-19)22-11-18(25)13-29(26,27)12-15-6-3-2-4-7-15/h5,8-10,14-15,18,22,25H,2-4,6-7,11-13H2,1H3,(H2,21,24)(H,26,27)/t14?,18-/m0/s1. The summed E-state index contributed by atoms with van der Waals surface area (Å²) in [5, 5.41) is 17.1. The summed E-state index contributed by atoms with van der Waals surface area (Å²) in [5.41, 5.74) is 7.24. The zero-order valence-corrected chi connectivity index (χ0v) is 17.7. The summed E-state index contributed by atoms with van der Waals surface area (Å²) in [6, 6.07) is 7.53. The molecule has 1 fully saturated rings. The molecule has 0 amide bonds. The van der Waals surface area contributed by atoms with Gasteiger partial charge < -0.3 is 25.6 Å². The first-order valence-electron chi connectivity index (χ1n) is 10.2. The number of benzene rings is 1. The van der Waals surface area contributed by atoms with Gasteiger partial charge in [-0.1, -0.05) is 31.4 Å². The molecular weight excluding hydrogens is 391 g/mol. The smallest absolute Gasteiger partial charge is 0.261 e. The van der Waals surface area contributed by atoms with Crippen LogP contribution < -0.4 is 11.1 Å². The van der Waals surface area contributed by atoms with E-state index in [2.05, 4.69) is 15.5 Å². The van der Waals surface area contributed by atoms with Crippen LogP contribution in [0, 0.1) is 5.92 Å². The van der Waals surface area contributed by atoms with Gasteiger partial charge >= 0.3 is 0 Å². The minimum atomic E-state index is -3.32. The quantitative estimate of drug-likeness (QED) is 0.453. The Kier molecular flexibility index (Phi) is 7.46. The van der Waals surface area contributed by atoms with Crippen LogP contribution in [0.1, 0.15) is 50.6 Å². The van der Waals surface area contributed by atoms with E-state index in [-0.39, 0.29) is 24.7 Å². The highest BCUT2D eigenvalue weighted by atomic mass is 31.2. The average Bonchev–Trinajstić information content (AvgIpc) is 3.12. The van der Waals surface area contributed by atoms with E-state index in [0.717, 1.165) is 36.8 Å². The second-order valence-corrected chi connectivity index (χ2v) is 10.5. The number of nitrogen functional groups attached to an aromatic ring is 1. The van der Waals surface area contributed by atoms with E-state index in [0.29, 0.717) is 18.0 Å². The summed E-state index contributed by atoms with van der Waals surface area (Å²) < 4.78 is 17.6. The average molecular weight is 422 g/mol. The molecule has 5 N–H and O–H groups in total. The predicted molar refractivity (Wildman–Crippen MR) is 113 cm³/mol. The highest BCUT2D eigenvalue weighted by Gasteiger charge is 2.28. The summed E-state index contributed by atoms with van der Waals surface area (Å²) in [7, 11) is -3.32. The van der Waals surface area contributed by atoms with Gasteiger partial charge in [-0.05, 0) is 48.5 Å². The van der Waals surface area contributed by atoms with Crippen molar-refractivity contribution in [2.45, 2.75) is 51.2 Å². The Morgan fingerprint density at radius 2 is 2.10 bits per heavy atom. The first-order chi connectivity index (χ1) is 13.8. The zero-order valence-electron chi connectivity index (χ0n) is 16.8. The SMILES string of the molecule is CC(NC[C@H](O)CP(=O)(O)CC1CCCCC1)c1cccc(-c2nc(N)no2)c1. The van der Waals surface area contributed by atoms with Crippen molar-refractivity contribution >= 4 is 13.3 Å². The molecule has 0 bridgehead atoms. The van der Waals surface area contributed by atoms with Crippen molar-refractivity contribution in [3.8, 4) is 11.5 Å². The molecule has 9 heteroatoms. The van der Waals surface area contributed by atoms with Crippen LogP contribution in [0.4, 0.5) is 5.95 Å². The maximum Gasteiger partial charge on any atom is 0.261 e. The number of anilines is 1. The van der Waals surface area contributed by atoms with E-state index >= 15 is 0 Å². The number of nitrogens with zero attached hydrogens (tertiary/aromatic N) is 2. The predicted octanol–water partition coefficient (Wildman–Crippen LogP) is 3.18. The molecule has 0 saturated heterocycles. The van der Waals surface area contributed by atoms with E-state index in [4.69, 9.17) is 10.3 Å². The second kappa shape index (κ2) is 9.85. The first kappa shape index (κ1) is 22.0. The normalized spacial score (nSPS) is 19.6. The molecule has 2 unspecified atom stereocenters. The number of hydrogen-bond donors (Lipinski definition) is 4. The molecule has 3 atom stereocenters. The van der Waals surface area contributed by atoms with Crippen molar-refractivity contribution in [1.82, 2.24) is 15.5 Å². The molecule has 1 saturated carbocycles. The van der Waals surface area contributed by atoms with Gasteiger partial charge in [0.2, 0.25) is 7.37 Å². The molecule has 1 aliphatic carbocycles. The fourth-order valence-electron chi connectivity index (χ4n) is 3.97. The molecule has 1 aromatic carbocycles. The summed E-state index contributed by atoms with van der Waals surface area (Å²) >= 11 is 0. The molecule has 0 radical (unpaired) electrons. The van der Waals surface area contributed by atoms with Crippen LogP contribution in [-0.2, 0) is 4.57 Å². The molecule has 8 nitrogen and oxygen atoms in total. The minimum absolute atomic E-state index is 0.0650. The van der Waals surface area contributed by atoms with Gasteiger partial charge in [-0.15, -0.1) is 0 Å². The lowest BCUT2D eigenvalue weighted by Gasteiger charge is -2.25. The lowest BCUT2D eigenvalue weighted by Crippen LogP contribution is -2.32. The summed E-state index contributed by atoms with van der Waals surface area (Å²) in [6.45, 7) is 2.21. The van der Waals surface area contributed by atoms with Gasteiger partial charge in [0.05, 0.1) is 12.3 Å². The Hall–Kier alpha value is -1.73. The molecule has 1 aromatic heterocycles. The van der Waals surface area contributed by atoms with E-state index < -0.39 is 13.5 Å². The van der Waals surface area contributed by atoms with Gasteiger partial charge in [-0.2, -0.15) is 4.98 Å². The number of nitrogens with two attached hydrogens (primary N) is 1. The van der Waals surface area contributed by atoms with Gasteiger partial charge in [0.15, 0.2) is 0 Å². The van der Waals surface area contributed by atoms with E-state index in [1.54, 1.807) is 0 Å². The first-order valence-corrected chi connectivity index (χ1v) is 12.3. The van der Waals surface area contributed by atoms with Gasteiger partial charge in [-0.3, -0.25) is 4.57 Å². The zero-order chi connectivity index (χ0) is 20.9. The topological polar surface area (TPSA) is 134 Å². The number of aromatic nitrogens is 2.